The van der Waals surface area contributed by atoms with E-state index in [4.69, 9.17) is 14.2 Å². The number of hydrogen-bond acceptors (Lipinski definition) is 5. The molecule has 0 aromatic heterocycles. The van der Waals surface area contributed by atoms with E-state index in [2.05, 4.69) is 66.1 Å². The molecule has 8 heteroatoms. The van der Waals surface area contributed by atoms with E-state index in [-0.39, 0.29) is 5.70 Å². The Labute approximate surface area is 221 Å². The molecule has 1 heterocycles. The van der Waals surface area contributed by atoms with Crippen LogP contribution in [0.5, 0.6) is 11.5 Å². The third-order valence-electron chi connectivity index (χ3n) is 4.56. The largest absolute Gasteiger partial charge is 0.493 e. The Hall–Kier alpha value is -1.92. The first-order chi connectivity index (χ1) is 15.4. The summed E-state index contributed by atoms with van der Waals surface area (Å²) in [6, 6.07) is 19.3. The van der Waals surface area contributed by atoms with Crippen molar-refractivity contribution in [3.05, 3.63) is 94.7 Å². The van der Waals surface area contributed by atoms with Crippen molar-refractivity contribution in [1.29, 1.82) is 0 Å². The van der Waals surface area contributed by atoms with Gasteiger partial charge in [0.15, 0.2) is 17.2 Å². The topological polar surface area (TPSA) is 57.1 Å². The fourth-order valence-electron chi connectivity index (χ4n) is 2.98. The van der Waals surface area contributed by atoms with Crippen molar-refractivity contribution in [2.45, 2.75) is 6.61 Å². The highest BCUT2D eigenvalue weighted by Crippen LogP contribution is 2.35. The van der Waals surface area contributed by atoms with Crippen molar-refractivity contribution in [3.63, 3.8) is 0 Å². The molecule has 0 bridgehead atoms. The first kappa shape index (κ1) is 23.2. The zero-order valence-electron chi connectivity index (χ0n) is 16.8. The molecular weight excluding hydrogens is 700 g/mol. The number of hydrogen-bond donors (Lipinski definition) is 0. The summed E-state index contributed by atoms with van der Waals surface area (Å²) in [5, 5.41) is 0. The molecule has 4 rings (SSSR count). The quantitative estimate of drug-likeness (QED) is 0.164. The molecule has 5 nitrogen and oxygen atoms in total. The van der Waals surface area contributed by atoms with E-state index in [0.717, 1.165) is 28.3 Å². The number of carbonyl (C=O) groups excluding carboxylic acids is 1. The van der Waals surface area contributed by atoms with E-state index in [1.165, 1.54) is 0 Å². The third kappa shape index (κ3) is 5.52. The molecular formula is C24H16BrI2NO4. The minimum Gasteiger partial charge on any atom is -0.493 e. The predicted molar refractivity (Wildman–Crippen MR) is 144 cm³/mol. The number of benzene rings is 3. The van der Waals surface area contributed by atoms with Gasteiger partial charge in [-0.3, -0.25) is 0 Å². The maximum absolute atomic E-state index is 12.4. The van der Waals surface area contributed by atoms with Crippen LogP contribution in [0.4, 0.5) is 0 Å². The maximum Gasteiger partial charge on any atom is 0.363 e. The summed E-state index contributed by atoms with van der Waals surface area (Å²) in [4.78, 5) is 16.7. The van der Waals surface area contributed by atoms with Gasteiger partial charge in [0.1, 0.15) is 6.61 Å². The van der Waals surface area contributed by atoms with Crippen LogP contribution in [0.2, 0.25) is 0 Å². The zero-order chi connectivity index (χ0) is 22.7. The molecule has 0 amide bonds. The zero-order valence-corrected chi connectivity index (χ0v) is 22.7. The molecule has 0 unspecified atom stereocenters. The SMILES string of the molecule is COc1cc(/C=C2\N=C(c3ccc(I)cc3)OC2=O)cc(I)c1OCc1ccc(Br)cc1. The van der Waals surface area contributed by atoms with Crippen LogP contribution in [-0.4, -0.2) is 19.0 Å². The lowest BCUT2D eigenvalue weighted by Gasteiger charge is -2.14. The number of aliphatic imine (C=N–C) groups is 1. The predicted octanol–water partition coefficient (Wildman–Crippen LogP) is 6.59. The van der Waals surface area contributed by atoms with E-state index >= 15 is 0 Å². The minimum atomic E-state index is -0.483. The fourth-order valence-corrected chi connectivity index (χ4v) is 4.39. The smallest absolute Gasteiger partial charge is 0.363 e. The lowest BCUT2D eigenvalue weighted by molar-refractivity contribution is -0.129. The van der Waals surface area contributed by atoms with Crippen molar-refractivity contribution in [1.82, 2.24) is 0 Å². The molecule has 0 saturated heterocycles. The average Bonchev–Trinajstić information content (AvgIpc) is 3.14. The van der Waals surface area contributed by atoms with Crippen LogP contribution in [0, 0.1) is 7.14 Å². The number of nitrogens with zero attached hydrogens (tertiary/aromatic N) is 1. The van der Waals surface area contributed by atoms with Gasteiger partial charge >= 0.3 is 5.97 Å². The summed E-state index contributed by atoms with van der Waals surface area (Å²) in [6.07, 6.45) is 1.69. The molecule has 0 radical (unpaired) electrons. The molecule has 0 spiro atoms. The third-order valence-corrected chi connectivity index (χ3v) is 6.61. The van der Waals surface area contributed by atoms with Gasteiger partial charge in [0.25, 0.3) is 0 Å². The molecule has 1 aliphatic heterocycles. The number of cyclic esters (lactones) is 1. The lowest BCUT2D eigenvalue weighted by atomic mass is 10.1. The number of carbonyl (C=O) groups is 1. The van der Waals surface area contributed by atoms with E-state index in [0.29, 0.717) is 24.0 Å². The van der Waals surface area contributed by atoms with Gasteiger partial charge in [-0.25, -0.2) is 9.79 Å². The van der Waals surface area contributed by atoms with E-state index in [1.807, 2.05) is 60.7 Å². The van der Waals surface area contributed by atoms with Gasteiger partial charge in [-0.15, -0.1) is 0 Å². The molecule has 32 heavy (non-hydrogen) atoms. The molecule has 162 valence electrons. The van der Waals surface area contributed by atoms with Gasteiger partial charge in [0.2, 0.25) is 5.90 Å². The van der Waals surface area contributed by atoms with Crippen LogP contribution in [0.25, 0.3) is 6.08 Å². The second-order valence-corrected chi connectivity index (χ2v) is 10.1. The van der Waals surface area contributed by atoms with Crippen molar-refractivity contribution in [2.75, 3.05) is 7.11 Å². The van der Waals surface area contributed by atoms with Gasteiger partial charge in [0, 0.05) is 13.6 Å². The van der Waals surface area contributed by atoms with Crippen LogP contribution in [-0.2, 0) is 16.1 Å². The number of methoxy groups -OCH3 is 1. The fraction of sp³-hybridized carbons (Fsp3) is 0.0833. The van der Waals surface area contributed by atoms with E-state index < -0.39 is 5.97 Å². The Morgan fingerprint density at radius 3 is 2.47 bits per heavy atom. The standard InChI is InChI=1S/C24H16BrI2NO4/c1-30-21-12-15(10-19(27)22(21)31-13-14-2-6-17(25)7-3-14)11-20-24(29)32-23(28-20)16-4-8-18(26)9-5-16/h2-12H,13H2,1H3/b20-11-. The summed E-state index contributed by atoms with van der Waals surface area (Å²) in [6.45, 7) is 0.413. The highest BCUT2D eigenvalue weighted by molar-refractivity contribution is 14.1. The molecule has 3 aromatic carbocycles. The molecule has 1 aliphatic rings. The van der Waals surface area contributed by atoms with Gasteiger partial charge in [-0.2, -0.15) is 0 Å². The Balaban J connectivity index is 1.58. The Morgan fingerprint density at radius 2 is 1.78 bits per heavy atom. The van der Waals surface area contributed by atoms with Crippen molar-refractivity contribution in [2.24, 2.45) is 4.99 Å². The first-order valence-corrected chi connectivity index (χ1v) is 12.4. The number of ether oxygens (including phenoxy) is 3. The number of halogens is 3. The van der Waals surface area contributed by atoms with Crippen LogP contribution >= 0.6 is 61.1 Å². The summed E-state index contributed by atoms with van der Waals surface area (Å²) < 4.78 is 19.9. The molecule has 0 atom stereocenters. The highest BCUT2D eigenvalue weighted by Gasteiger charge is 2.24. The first-order valence-electron chi connectivity index (χ1n) is 9.46. The Bertz CT molecular complexity index is 1220. The highest BCUT2D eigenvalue weighted by atomic mass is 127. The van der Waals surface area contributed by atoms with Crippen LogP contribution in [0.15, 0.2) is 75.8 Å². The summed E-state index contributed by atoms with van der Waals surface area (Å²) in [7, 11) is 1.59. The molecule has 0 aliphatic carbocycles. The van der Waals surface area contributed by atoms with Crippen molar-refractivity contribution in [3.8, 4) is 11.5 Å². The van der Waals surface area contributed by atoms with Gasteiger partial charge in [-0.05, 0) is 111 Å². The summed E-state index contributed by atoms with van der Waals surface area (Å²) in [5.41, 5.74) is 2.80. The van der Waals surface area contributed by atoms with E-state index in [9.17, 15) is 4.79 Å². The average molecular weight is 716 g/mol. The van der Waals surface area contributed by atoms with Gasteiger partial charge in [-0.1, -0.05) is 28.1 Å². The normalized spacial score (nSPS) is 14.3. The Kier molecular flexibility index (Phi) is 7.51. The second kappa shape index (κ2) is 10.3. The molecule has 0 N–H and O–H groups in total. The monoisotopic (exact) mass is 715 g/mol. The van der Waals surface area contributed by atoms with Crippen LogP contribution in [0.3, 0.4) is 0 Å². The maximum atomic E-state index is 12.4. The molecule has 0 saturated carbocycles. The number of rotatable bonds is 6. The van der Waals surface area contributed by atoms with Gasteiger partial charge in [0.05, 0.1) is 10.7 Å². The van der Waals surface area contributed by atoms with Gasteiger partial charge < -0.3 is 14.2 Å². The number of esters is 1. The molecule has 0 fully saturated rings. The Morgan fingerprint density at radius 1 is 1.06 bits per heavy atom. The van der Waals surface area contributed by atoms with Crippen molar-refractivity contribution < 1.29 is 19.0 Å². The summed E-state index contributed by atoms with van der Waals surface area (Å²) in [5.74, 6) is 1.04. The van der Waals surface area contributed by atoms with E-state index in [1.54, 1.807) is 13.2 Å². The van der Waals surface area contributed by atoms with Crippen molar-refractivity contribution >= 4 is 79.1 Å². The molecule has 3 aromatic rings. The minimum absolute atomic E-state index is 0.236. The van der Waals surface area contributed by atoms with Crippen LogP contribution in [0.1, 0.15) is 16.7 Å². The lowest BCUT2D eigenvalue weighted by Crippen LogP contribution is -2.05. The summed E-state index contributed by atoms with van der Waals surface area (Å²) >= 11 is 7.85. The van der Waals surface area contributed by atoms with Crippen LogP contribution < -0.4 is 9.47 Å². The second-order valence-electron chi connectivity index (χ2n) is 6.79.